The fourth-order valence-corrected chi connectivity index (χ4v) is 4.01. The lowest BCUT2D eigenvalue weighted by molar-refractivity contribution is -0.139. The number of nitrogens with zero attached hydrogens (tertiary/aromatic N) is 1. The van der Waals surface area contributed by atoms with Gasteiger partial charge < -0.3 is 4.90 Å². The fraction of sp³-hybridized carbons (Fsp3) is 0.278. The Bertz CT molecular complexity index is 974. The number of hydrogen-bond acceptors (Lipinski definition) is 3. The van der Waals surface area contributed by atoms with Gasteiger partial charge in [-0.3, -0.25) is 9.52 Å². The molecule has 5 nitrogen and oxygen atoms in total. The number of halogens is 4. The number of rotatable bonds is 6. The van der Waals surface area contributed by atoms with Crippen molar-refractivity contribution in [2.75, 3.05) is 17.8 Å². The van der Waals surface area contributed by atoms with E-state index in [1.807, 2.05) is 0 Å². The molecule has 0 saturated heterocycles. The minimum Gasteiger partial charge on any atom is -0.339 e. The molecule has 0 bridgehead atoms. The zero-order chi connectivity index (χ0) is 21.1. The summed E-state index contributed by atoms with van der Waals surface area (Å²) in [4.78, 5) is 13.0. The predicted octanol–water partition coefficient (Wildman–Crippen LogP) is 4.64. The van der Waals surface area contributed by atoms with Crippen LogP contribution < -0.4 is 4.72 Å². The first-order valence-corrected chi connectivity index (χ1v) is 10.1. The van der Waals surface area contributed by atoms with Gasteiger partial charge in [0, 0.05) is 29.4 Å². The summed E-state index contributed by atoms with van der Waals surface area (Å²) in [6.45, 7) is 4.52. The van der Waals surface area contributed by atoms with Gasteiger partial charge in [0.15, 0.2) is 0 Å². The number of nitrogens with one attached hydrogen (secondary N) is 1. The summed E-state index contributed by atoms with van der Waals surface area (Å²) in [6.07, 6.45) is -4.91. The van der Waals surface area contributed by atoms with Crippen molar-refractivity contribution in [3.63, 3.8) is 0 Å². The molecular weight excluding hydrogens is 417 g/mol. The Kier molecular flexibility index (Phi) is 6.61. The van der Waals surface area contributed by atoms with E-state index in [1.54, 1.807) is 13.8 Å². The number of benzene rings is 2. The number of carbonyl (C=O) groups excluding carboxylic acids is 1. The molecule has 0 spiro atoms. The quantitative estimate of drug-likeness (QED) is 0.720. The van der Waals surface area contributed by atoms with Gasteiger partial charge in [-0.05, 0) is 50.2 Å². The lowest BCUT2D eigenvalue weighted by Gasteiger charge is -2.19. The Morgan fingerprint density at radius 2 is 1.75 bits per heavy atom. The van der Waals surface area contributed by atoms with Crippen molar-refractivity contribution in [3.8, 4) is 0 Å². The molecule has 0 radical (unpaired) electrons. The molecule has 0 heterocycles. The van der Waals surface area contributed by atoms with Crippen LogP contribution in [-0.2, 0) is 16.2 Å². The van der Waals surface area contributed by atoms with Crippen molar-refractivity contribution in [3.05, 3.63) is 58.6 Å². The average Bonchev–Trinajstić information content (AvgIpc) is 2.61. The molecule has 0 aliphatic rings. The number of sulfonamides is 1. The van der Waals surface area contributed by atoms with E-state index in [0.29, 0.717) is 19.2 Å². The Hall–Kier alpha value is -2.26. The molecule has 10 heteroatoms. The molecular formula is C18H18ClF3N2O3S. The van der Waals surface area contributed by atoms with Crippen LogP contribution in [0.1, 0.15) is 29.8 Å². The highest BCUT2D eigenvalue weighted by Crippen LogP contribution is 2.36. The lowest BCUT2D eigenvalue weighted by Crippen LogP contribution is -2.30. The maximum Gasteiger partial charge on any atom is 0.417 e. The molecule has 2 aromatic rings. The van der Waals surface area contributed by atoms with Crippen LogP contribution in [0.2, 0.25) is 5.02 Å². The first kappa shape index (κ1) is 22.0. The zero-order valence-electron chi connectivity index (χ0n) is 15.0. The summed E-state index contributed by atoms with van der Waals surface area (Å²) >= 11 is 5.59. The second-order valence-corrected chi connectivity index (χ2v) is 7.89. The Labute approximate surface area is 166 Å². The van der Waals surface area contributed by atoms with E-state index in [2.05, 4.69) is 4.72 Å². The number of amides is 1. The lowest BCUT2D eigenvalue weighted by atomic mass is 10.2. The minimum absolute atomic E-state index is 0.0268. The minimum atomic E-state index is -4.91. The Balaban J connectivity index is 2.41. The highest BCUT2D eigenvalue weighted by atomic mass is 35.5. The van der Waals surface area contributed by atoms with Crippen molar-refractivity contribution in [2.24, 2.45) is 0 Å². The number of carbonyl (C=O) groups is 1. The third-order valence-corrected chi connectivity index (χ3v) is 5.62. The number of alkyl halides is 3. The molecule has 0 aliphatic heterocycles. The number of hydrogen-bond donors (Lipinski definition) is 1. The standard InChI is InChI=1S/C18H18ClF3N2O3S/c1-3-24(4-2)17(25)12-6-5-7-14(10-12)23-28(26,27)16-9-8-13(19)11-15(16)18(20,21)22/h5-11,23H,3-4H2,1-2H3. The van der Waals surface area contributed by atoms with Crippen molar-refractivity contribution < 1.29 is 26.4 Å². The monoisotopic (exact) mass is 434 g/mol. The smallest absolute Gasteiger partial charge is 0.339 e. The first-order valence-electron chi connectivity index (χ1n) is 8.28. The van der Waals surface area contributed by atoms with Crippen LogP contribution >= 0.6 is 11.6 Å². The van der Waals surface area contributed by atoms with Crippen LogP contribution in [0.15, 0.2) is 47.4 Å². The third-order valence-electron chi connectivity index (χ3n) is 3.95. The van der Waals surface area contributed by atoms with E-state index in [4.69, 9.17) is 11.6 Å². The molecule has 1 amide bonds. The molecule has 0 fully saturated rings. The van der Waals surface area contributed by atoms with Gasteiger partial charge in [-0.2, -0.15) is 13.2 Å². The van der Waals surface area contributed by atoms with Crippen LogP contribution in [0, 0.1) is 0 Å². The van der Waals surface area contributed by atoms with E-state index in [1.165, 1.54) is 29.2 Å². The fourth-order valence-electron chi connectivity index (χ4n) is 2.58. The Morgan fingerprint density at radius 3 is 2.32 bits per heavy atom. The highest BCUT2D eigenvalue weighted by molar-refractivity contribution is 7.92. The van der Waals surface area contributed by atoms with Gasteiger partial charge in [-0.25, -0.2) is 8.42 Å². The molecule has 1 N–H and O–H groups in total. The molecule has 2 aromatic carbocycles. The van der Waals surface area contributed by atoms with E-state index in [0.717, 1.165) is 12.1 Å². The van der Waals surface area contributed by atoms with Gasteiger partial charge in [-0.15, -0.1) is 0 Å². The van der Waals surface area contributed by atoms with Crippen molar-refractivity contribution in [1.82, 2.24) is 4.90 Å². The van der Waals surface area contributed by atoms with Crippen LogP contribution in [-0.4, -0.2) is 32.3 Å². The summed E-state index contributed by atoms with van der Waals surface area (Å²) < 4.78 is 66.9. The molecule has 0 saturated carbocycles. The molecule has 0 aromatic heterocycles. The van der Waals surface area contributed by atoms with Crippen LogP contribution in [0.4, 0.5) is 18.9 Å². The number of anilines is 1. The van der Waals surface area contributed by atoms with E-state index in [-0.39, 0.29) is 22.2 Å². The SMILES string of the molecule is CCN(CC)C(=O)c1cccc(NS(=O)(=O)c2ccc(Cl)cc2C(F)(F)F)c1. The maximum atomic E-state index is 13.2. The maximum absolute atomic E-state index is 13.2. The highest BCUT2D eigenvalue weighted by Gasteiger charge is 2.37. The first-order chi connectivity index (χ1) is 13.0. The van der Waals surface area contributed by atoms with Gasteiger partial charge >= 0.3 is 6.18 Å². The Morgan fingerprint density at radius 1 is 1.11 bits per heavy atom. The van der Waals surface area contributed by atoms with E-state index >= 15 is 0 Å². The zero-order valence-corrected chi connectivity index (χ0v) is 16.6. The normalized spacial score (nSPS) is 11.9. The van der Waals surface area contributed by atoms with Crippen LogP contribution in [0.3, 0.4) is 0 Å². The molecule has 2 rings (SSSR count). The summed E-state index contributed by atoms with van der Waals surface area (Å²) in [7, 11) is -4.57. The van der Waals surface area contributed by atoms with Crippen LogP contribution in [0.5, 0.6) is 0 Å². The van der Waals surface area contributed by atoms with E-state index < -0.39 is 26.7 Å². The summed E-state index contributed by atoms with van der Waals surface area (Å²) in [5.41, 5.74) is -1.18. The second-order valence-electron chi connectivity index (χ2n) is 5.80. The van der Waals surface area contributed by atoms with Gasteiger partial charge in [0.1, 0.15) is 0 Å². The second kappa shape index (κ2) is 8.40. The predicted molar refractivity (Wildman–Crippen MR) is 101 cm³/mol. The topological polar surface area (TPSA) is 66.5 Å². The van der Waals surface area contributed by atoms with Gasteiger partial charge in [-0.1, -0.05) is 17.7 Å². The summed E-state index contributed by atoms with van der Waals surface area (Å²) in [6, 6.07) is 7.98. The van der Waals surface area contributed by atoms with E-state index in [9.17, 15) is 26.4 Å². The van der Waals surface area contributed by atoms with Gasteiger partial charge in [0.2, 0.25) is 0 Å². The molecule has 152 valence electrons. The molecule has 0 aliphatic carbocycles. The summed E-state index contributed by atoms with van der Waals surface area (Å²) in [5.74, 6) is -0.312. The summed E-state index contributed by atoms with van der Waals surface area (Å²) in [5, 5.41) is -0.238. The van der Waals surface area contributed by atoms with Crippen molar-refractivity contribution in [2.45, 2.75) is 24.9 Å². The molecule has 0 atom stereocenters. The molecule has 28 heavy (non-hydrogen) atoms. The molecule has 0 unspecified atom stereocenters. The largest absolute Gasteiger partial charge is 0.417 e. The van der Waals surface area contributed by atoms with Crippen molar-refractivity contribution in [1.29, 1.82) is 0 Å². The van der Waals surface area contributed by atoms with Crippen molar-refractivity contribution >= 4 is 33.2 Å². The average molecular weight is 435 g/mol. The van der Waals surface area contributed by atoms with Crippen LogP contribution in [0.25, 0.3) is 0 Å². The van der Waals surface area contributed by atoms with Gasteiger partial charge in [0.05, 0.1) is 10.5 Å². The third kappa shape index (κ3) is 4.96. The van der Waals surface area contributed by atoms with Gasteiger partial charge in [0.25, 0.3) is 15.9 Å².